The highest BCUT2D eigenvalue weighted by atomic mass is 35.5. The zero-order valence-corrected chi connectivity index (χ0v) is 14.5. The first-order valence-corrected chi connectivity index (χ1v) is 8.97. The Morgan fingerprint density at radius 3 is 2.30 bits per heavy atom. The Labute approximate surface area is 147 Å². The van der Waals surface area contributed by atoms with Crippen molar-refractivity contribution in [2.45, 2.75) is 18.4 Å². The molecule has 2 aromatic carbocycles. The standard InChI is InChI=1S/C19H20Cl2N2/c20-15-6-7-18(17(21)12-15)22-8-10-23(11-9-22)19-13-16(19)14-4-2-1-3-5-14/h1-7,12,16,19H,8-11,13H2/t16-,19-/m1/s1. The number of benzene rings is 2. The Morgan fingerprint density at radius 1 is 0.870 bits per heavy atom. The number of nitrogens with zero attached hydrogens (tertiary/aromatic N) is 2. The molecule has 1 heterocycles. The minimum atomic E-state index is 0.695. The zero-order chi connectivity index (χ0) is 15.8. The van der Waals surface area contributed by atoms with Gasteiger partial charge in [0.25, 0.3) is 0 Å². The Morgan fingerprint density at radius 2 is 1.61 bits per heavy atom. The molecule has 2 aromatic rings. The summed E-state index contributed by atoms with van der Waals surface area (Å²) in [6, 6.07) is 17.4. The lowest BCUT2D eigenvalue weighted by Crippen LogP contribution is -2.47. The average Bonchev–Trinajstić information content (AvgIpc) is 3.37. The van der Waals surface area contributed by atoms with Crippen LogP contribution in [0.1, 0.15) is 17.9 Å². The van der Waals surface area contributed by atoms with E-state index in [1.54, 1.807) is 0 Å². The number of anilines is 1. The van der Waals surface area contributed by atoms with E-state index in [4.69, 9.17) is 23.2 Å². The molecule has 4 rings (SSSR count). The summed E-state index contributed by atoms with van der Waals surface area (Å²) >= 11 is 12.3. The van der Waals surface area contributed by atoms with Gasteiger partial charge in [0, 0.05) is 43.2 Å². The molecule has 1 saturated carbocycles. The third kappa shape index (κ3) is 3.21. The molecule has 1 aliphatic carbocycles. The summed E-state index contributed by atoms with van der Waals surface area (Å²) in [7, 11) is 0. The zero-order valence-electron chi connectivity index (χ0n) is 13.0. The second-order valence-electron chi connectivity index (χ2n) is 6.44. The minimum Gasteiger partial charge on any atom is -0.368 e. The van der Waals surface area contributed by atoms with Crippen LogP contribution in [-0.4, -0.2) is 37.1 Å². The van der Waals surface area contributed by atoms with Gasteiger partial charge < -0.3 is 4.90 Å². The van der Waals surface area contributed by atoms with Gasteiger partial charge in [0.2, 0.25) is 0 Å². The quantitative estimate of drug-likeness (QED) is 0.796. The second-order valence-corrected chi connectivity index (χ2v) is 7.28. The van der Waals surface area contributed by atoms with Crippen LogP contribution >= 0.6 is 23.2 Å². The number of piperazine rings is 1. The number of rotatable bonds is 3. The third-order valence-electron chi connectivity index (χ3n) is 5.02. The topological polar surface area (TPSA) is 6.48 Å². The smallest absolute Gasteiger partial charge is 0.0654 e. The maximum atomic E-state index is 6.34. The van der Waals surface area contributed by atoms with Crippen molar-refractivity contribution in [3.63, 3.8) is 0 Å². The van der Waals surface area contributed by atoms with Crippen molar-refractivity contribution < 1.29 is 0 Å². The SMILES string of the molecule is Clc1ccc(N2CCN([C@@H]3C[C@@H]3c3ccccc3)CC2)c(Cl)c1. The highest BCUT2D eigenvalue weighted by molar-refractivity contribution is 6.36. The molecule has 2 atom stereocenters. The van der Waals surface area contributed by atoms with E-state index in [-0.39, 0.29) is 0 Å². The van der Waals surface area contributed by atoms with Gasteiger partial charge >= 0.3 is 0 Å². The Kier molecular flexibility index (Phi) is 4.23. The van der Waals surface area contributed by atoms with E-state index in [0.29, 0.717) is 5.02 Å². The first-order valence-electron chi connectivity index (χ1n) is 8.21. The van der Waals surface area contributed by atoms with Crippen LogP contribution in [0.2, 0.25) is 10.0 Å². The molecule has 0 spiro atoms. The van der Waals surface area contributed by atoms with Crippen LogP contribution in [0.4, 0.5) is 5.69 Å². The fourth-order valence-corrected chi connectivity index (χ4v) is 4.20. The van der Waals surface area contributed by atoms with Crippen molar-refractivity contribution in [1.82, 2.24) is 4.90 Å². The third-order valence-corrected chi connectivity index (χ3v) is 5.56. The van der Waals surface area contributed by atoms with E-state index >= 15 is 0 Å². The summed E-state index contributed by atoms with van der Waals surface area (Å²) in [5.41, 5.74) is 2.59. The molecule has 120 valence electrons. The van der Waals surface area contributed by atoms with Crippen molar-refractivity contribution in [1.29, 1.82) is 0 Å². The molecular formula is C19H20Cl2N2. The lowest BCUT2D eigenvalue weighted by atomic mass is 10.1. The van der Waals surface area contributed by atoms with Gasteiger partial charge in [0.15, 0.2) is 0 Å². The molecule has 0 unspecified atom stereocenters. The van der Waals surface area contributed by atoms with E-state index < -0.39 is 0 Å². The summed E-state index contributed by atoms with van der Waals surface area (Å²) < 4.78 is 0. The van der Waals surface area contributed by atoms with Crippen LogP contribution in [0.3, 0.4) is 0 Å². The van der Waals surface area contributed by atoms with Crippen LogP contribution in [-0.2, 0) is 0 Å². The van der Waals surface area contributed by atoms with Crippen molar-refractivity contribution in [2.75, 3.05) is 31.1 Å². The highest BCUT2D eigenvalue weighted by Gasteiger charge is 2.43. The van der Waals surface area contributed by atoms with Gasteiger partial charge in [-0.25, -0.2) is 0 Å². The van der Waals surface area contributed by atoms with Crippen LogP contribution in [0.5, 0.6) is 0 Å². The molecule has 1 aliphatic heterocycles. The first kappa shape index (κ1) is 15.3. The van der Waals surface area contributed by atoms with E-state index in [1.165, 1.54) is 12.0 Å². The molecule has 2 nitrogen and oxygen atoms in total. The monoisotopic (exact) mass is 346 g/mol. The summed E-state index contributed by atoms with van der Waals surface area (Å²) in [6.07, 6.45) is 1.30. The maximum Gasteiger partial charge on any atom is 0.0654 e. The van der Waals surface area contributed by atoms with Crippen molar-refractivity contribution in [2.24, 2.45) is 0 Å². The van der Waals surface area contributed by atoms with E-state index in [9.17, 15) is 0 Å². The van der Waals surface area contributed by atoms with Gasteiger partial charge in [-0.05, 0) is 30.2 Å². The fraction of sp³-hybridized carbons (Fsp3) is 0.368. The maximum absolute atomic E-state index is 6.34. The summed E-state index contributed by atoms with van der Waals surface area (Å²) in [5.74, 6) is 0.724. The largest absolute Gasteiger partial charge is 0.368 e. The van der Waals surface area contributed by atoms with Gasteiger partial charge in [0.1, 0.15) is 0 Å². The minimum absolute atomic E-state index is 0.695. The molecule has 0 amide bonds. The van der Waals surface area contributed by atoms with Gasteiger partial charge in [0.05, 0.1) is 10.7 Å². The van der Waals surface area contributed by atoms with E-state index in [1.807, 2.05) is 18.2 Å². The fourth-order valence-electron chi connectivity index (χ4n) is 3.68. The summed E-state index contributed by atoms with van der Waals surface area (Å²) in [5, 5.41) is 1.45. The second kappa shape index (κ2) is 6.35. The number of hydrogen-bond donors (Lipinski definition) is 0. The van der Waals surface area contributed by atoms with Crippen LogP contribution in [0.15, 0.2) is 48.5 Å². The van der Waals surface area contributed by atoms with E-state index in [2.05, 4.69) is 40.1 Å². The Balaban J connectivity index is 1.37. The van der Waals surface area contributed by atoms with Gasteiger partial charge in [-0.15, -0.1) is 0 Å². The molecule has 0 N–H and O–H groups in total. The first-order chi connectivity index (χ1) is 11.2. The molecule has 2 aliphatic rings. The van der Waals surface area contributed by atoms with Crippen molar-refractivity contribution >= 4 is 28.9 Å². The summed E-state index contributed by atoms with van der Waals surface area (Å²) in [6.45, 7) is 4.26. The molecule has 0 radical (unpaired) electrons. The molecule has 4 heteroatoms. The molecule has 0 aromatic heterocycles. The van der Waals surface area contributed by atoms with Gasteiger partial charge in [-0.3, -0.25) is 4.90 Å². The highest BCUT2D eigenvalue weighted by Crippen LogP contribution is 2.45. The Hall–Kier alpha value is -1.22. The lowest BCUT2D eigenvalue weighted by molar-refractivity contribution is 0.244. The normalized spacial score (nSPS) is 24.7. The number of halogens is 2. The Bertz CT molecular complexity index is 681. The molecule has 1 saturated heterocycles. The van der Waals surface area contributed by atoms with E-state index in [0.717, 1.165) is 48.8 Å². The predicted octanol–water partition coefficient (Wildman–Crippen LogP) is 4.67. The van der Waals surface area contributed by atoms with Gasteiger partial charge in [-0.1, -0.05) is 53.5 Å². The van der Waals surface area contributed by atoms with Crippen molar-refractivity contribution in [3.05, 3.63) is 64.1 Å². The summed E-state index contributed by atoms with van der Waals surface area (Å²) in [4.78, 5) is 5.01. The predicted molar refractivity (Wildman–Crippen MR) is 97.8 cm³/mol. The average molecular weight is 347 g/mol. The molecule has 23 heavy (non-hydrogen) atoms. The lowest BCUT2D eigenvalue weighted by Gasteiger charge is -2.37. The molecule has 0 bridgehead atoms. The van der Waals surface area contributed by atoms with Crippen molar-refractivity contribution in [3.8, 4) is 0 Å². The van der Waals surface area contributed by atoms with Crippen LogP contribution in [0.25, 0.3) is 0 Å². The molecule has 2 fully saturated rings. The number of hydrogen-bond acceptors (Lipinski definition) is 2. The molecular weight excluding hydrogens is 327 g/mol. The van der Waals surface area contributed by atoms with Gasteiger partial charge in [-0.2, -0.15) is 0 Å². The van der Waals surface area contributed by atoms with Crippen LogP contribution < -0.4 is 4.90 Å². The van der Waals surface area contributed by atoms with Crippen LogP contribution in [0, 0.1) is 0 Å².